The Labute approximate surface area is 113 Å². The molecule has 0 amide bonds. The Morgan fingerprint density at radius 1 is 1.42 bits per heavy atom. The highest BCUT2D eigenvalue weighted by molar-refractivity contribution is 6.64. The van der Waals surface area contributed by atoms with Gasteiger partial charge >= 0.3 is 11.9 Å². The lowest BCUT2D eigenvalue weighted by Crippen LogP contribution is -2.31. The molecule has 8 heteroatoms. The Bertz CT molecular complexity index is 470. The van der Waals surface area contributed by atoms with E-state index in [-0.39, 0.29) is 12.4 Å². The first-order valence-electron chi connectivity index (χ1n) is 5.46. The van der Waals surface area contributed by atoms with E-state index in [4.69, 9.17) is 30.5 Å². The highest BCUT2D eigenvalue weighted by Crippen LogP contribution is 2.30. The number of carbonyl (C=O) groups is 3. The summed E-state index contributed by atoms with van der Waals surface area (Å²) < 4.78 is 20.1. The van der Waals surface area contributed by atoms with Crippen LogP contribution in [0.4, 0.5) is 0 Å². The summed E-state index contributed by atoms with van der Waals surface area (Å²) >= 11 is 5.24. The maximum Gasteiger partial charge on any atom is 0.375 e. The fourth-order valence-electron chi connectivity index (χ4n) is 1.87. The molecule has 0 radical (unpaired) electrons. The lowest BCUT2D eigenvalue weighted by Gasteiger charge is -2.16. The van der Waals surface area contributed by atoms with Crippen LogP contribution in [0.25, 0.3) is 0 Å². The fourth-order valence-corrected chi connectivity index (χ4v) is 1.98. The average molecular weight is 291 g/mol. The third-order valence-corrected chi connectivity index (χ3v) is 2.86. The van der Waals surface area contributed by atoms with Crippen molar-refractivity contribution in [2.24, 2.45) is 0 Å². The molecule has 0 aliphatic carbocycles. The van der Waals surface area contributed by atoms with Crippen LogP contribution in [-0.2, 0) is 33.3 Å². The van der Waals surface area contributed by atoms with Crippen LogP contribution in [0.5, 0.6) is 0 Å². The van der Waals surface area contributed by atoms with Crippen LogP contribution in [0.2, 0.25) is 0 Å². The predicted molar refractivity (Wildman–Crippen MR) is 59.8 cm³/mol. The van der Waals surface area contributed by atoms with Crippen molar-refractivity contribution in [3.8, 4) is 0 Å². The molecule has 19 heavy (non-hydrogen) atoms. The molecule has 3 atom stereocenters. The van der Waals surface area contributed by atoms with Gasteiger partial charge in [-0.05, 0) is 18.5 Å². The molecule has 0 bridgehead atoms. The van der Waals surface area contributed by atoms with Gasteiger partial charge in [-0.15, -0.1) is 0 Å². The van der Waals surface area contributed by atoms with Gasteiger partial charge in [0, 0.05) is 12.5 Å². The van der Waals surface area contributed by atoms with E-state index in [1.807, 2.05) is 0 Å². The number of esters is 2. The Morgan fingerprint density at radius 3 is 2.63 bits per heavy atom. The molecule has 2 aliphatic rings. The molecular formula is C11H11ClO7. The van der Waals surface area contributed by atoms with Crippen LogP contribution < -0.4 is 0 Å². The Kier molecular flexibility index (Phi) is 3.88. The van der Waals surface area contributed by atoms with Crippen LogP contribution in [0.1, 0.15) is 13.8 Å². The monoisotopic (exact) mass is 290 g/mol. The lowest BCUT2D eigenvalue weighted by molar-refractivity contribution is -0.154. The molecule has 2 heterocycles. The molecule has 0 aromatic carbocycles. The van der Waals surface area contributed by atoms with Crippen molar-refractivity contribution in [2.45, 2.75) is 32.3 Å². The summed E-state index contributed by atoms with van der Waals surface area (Å²) in [7, 11) is 0. The second-order valence-corrected chi connectivity index (χ2v) is 4.45. The summed E-state index contributed by atoms with van der Waals surface area (Å²) in [5.74, 6) is -1.52. The summed E-state index contributed by atoms with van der Waals surface area (Å²) in [4.78, 5) is 33.3. The van der Waals surface area contributed by atoms with E-state index in [9.17, 15) is 14.4 Å². The summed E-state index contributed by atoms with van der Waals surface area (Å²) in [5, 5.41) is -0.784. The molecule has 1 unspecified atom stereocenters. The standard InChI is InChI=1S/C11H11ClO7/c1-4-7(6-3-16-11(18-6)9(12)14)19-10(15)8(4)17-5(2)13/h6-7,11H,3H2,1-2H3/t6-,7-,11?/m0/s1. The van der Waals surface area contributed by atoms with E-state index >= 15 is 0 Å². The topological polar surface area (TPSA) is 88.1 Å². The number of halogens is 1. The zero-order valence-corrected chi connectivity index (χ0v) is 10.9. The fraction of sp³-hybridized carbons (Fsp3) is 0.545. The molecule has 0 aromatic rings. The predicted octanol–water partition coefficient (Wildman–Crippen LogP) is 0.256. The molecule has 1 fully saturated rings. The first-order chi connectivity index (χ1) is 8.90. The number of cyclic esters (lactones) is 1. The van der Waals surface area contributed by atoms with Crippen LogP contribution >= 0.6 is 11.6 Å². The van der Waals surface area contributed by atoms with E-state index in [2.05, 4.69) is 0 Å². The molecule has 0 saturated carbocycles. The molecule has 104 valence electrons. The summed E-state index contributed by atoms with van der Waals surface area (Å²) in [6.45, 7) is 2.80. The molecule has 2 aliphatic heterocycles. The van der Waals surface area contributed by atoms with Crippen molar-refractivity contribution in [1.29, 1.82) is 0 Å². The van der Waals surface area contributed by atoms with Gasteiger partial charge in [0.05, 0.1) is 6.61 Å². The van der Waals surface area contributed by atoms with Crippen molar-refractivity contribution in [3.05, 3.63) is 11.3 Å². The van der Waals surface area contributed by atoms with Crippen molar-refractivity contribution in [3.63, 3.8) is 0 Å². The Morgan fingerprint density at radius 2 is 2.11 bits per heavy atom. The molecular weight excluding hydrogens is 280 g/mol. The molecule has 1 saturated heterocycles. The third-order valence-electron chi connectivity index (χ3n) is 2.68. The maximum atomic E-state index is 11.6. The highest BCUT2D eigenvalue weighted by Gasteiger charge is 2.44. The van der Waals surface area contributed by atoms with Gasteiger partial charge in [-0.3, -0.25) is 9.59 Å². The SMILES string of the molecule is CC(=O)OC1=C(C)[C@@H]([C@@H]2COC(C(=O)Cl)O2)OC1=O. The second kappa shape index (κ2) is 5.28. The minimum absolute atomic E-state index is 0.0474. The highest BCUT2D eigenvalue weighted by atomic mass is 35.5. The minimum Gasteiger partial charge on any atom is -0.449 e. The van der Waals surface area contributed by atoms with E-state index in [0.29, 0.717) is 5.57 Å². The van der Waals surface area contributed by atoms with E-state index in [0.717, 1.165) is 0 Å². The number of hydrogen-bond donors (Lipinski definition) is 0. The van der Waals surface area contributed by atoms with Gasteiger partial charge in [-0.2, -0.15) is 0 Å². The van der Waals surface area contributed by atoms with Gasteiger partial charge in [0.15, 0.2) is 6.10 Å². The second-order valence-electron chi connectivity index (χ2n) is 4.08. The number of rotatable bonds is 3. The van der Waals surface area contributed by atoms with Crippen molar-refractivity contribution >= 4 is 28.8 Å². The molecule has 2 rings (SSSR count). The van der Waals surface area contributed by atoms with E-state index < -0.39 is 35.7 Å². The van der Waals surface area contributed by atoms with Gasteiger partial charge in [0.1, 0.15) is 6.10 Å². The molecule has 0 aromatic heterocycles. The minimum atomic E-state index is -1.17. The van der Waals surface area contributed by atoms with Crippen molar-refractivity contribution in [2.75, 3.05) is 6.61 Å². The van der Waals surface area contributed by atoms with Crippen LogP contribution in [0.15, 0.2) is 11.3 Å². The van der Waals surface area contributed by atoms with Crippen LogP contribution in [-0.4, -0.2) is 42.3 Å². The first kappa shape index (κ1) is 14.0. The van der Waals surface area contributed by atoms with Crippen molar-refractivity contribution < 1.29 is 33.3 Å². The molecule has 7 nitrogen and oxygen atoms in total. The molecule has 0 spiro atoms. The van der Waals surface area contributed by atoms with Crippen molar-refractivity contribution in [1.82, 2.24) is 0 Å². The lowest BCUT2D eigenvalue weighted by atomic mass is 10.1. The van der Waals surface area contributed by atoms with Gasteiger partial charge in [0.2, 0.25) is 12.0 Å². The largest absolute Gasteiger partial charge is 0.449 e. The first-order valence-corrected chi connectivity index (χ1v) is 5.84. The molecule has 0 N–H and O–H groups in total. The Balaban J connectivity index is 2.11. The quantitative estimate of drug-likeness (QED) is 0.544. The van der Waals surface area contributed by atoms with Crippen LogP contribution in [0.3, 0.4) is 0 Å². The Hall–Kier alpha value is -1.44. The number of hydrogen-bond acceptors (Lipinski definition) is 7. The van der Waals surface area contributed by atoms with Gasteiger partial charge in [-0.1, -0.05) is 0 Å². The normalized spacial score (nSPS) is 30.5. The summed E-state index contributed by atoms with van der Waals surface area (Å²) in [6, 6.07) is 0. The third kappa shape index (κ3) is 2.78. The number of carbonyl (C=O) groups excluding carboxylic acids is 3. The summed E-state index contributed by atoms with van der Waals surface area (Å²) in [5.41, 5.74) is 0.413. The summed E-state index contributed by atoms with van der Waals surface area (Å²) in [6.07, 6.45) is -2.59. The maximum absolute atomic E-state index is 11.6. The van der Waals surface area contributed by atoms with E-state index in [1.165, 1.54) is 6.92 Å². The van der Waals surface area contributed by atoms with Crippen LogP contribution in [0, 0.1) is 0 Å². The zero-order valence-electron chi connectivity index (χ0n) is 10.2. The van der Waals surface area contributed by atoms with Gasteiger partial charge < -0.3 is 18.9 Å². The van der Waals surface area contributed by atoms with Gasteiger partial charge in [-0.25, -0.2) is 4.79 Å². The zero-order chi connectivity index (χ0) is 14.2. The smallest absolute Gasteiger partial charge is 0.375 e. The average Bonchev–Trinajstić information content (AvgIpc) is 2.89. The van der Waals surface area contributed by atoms with E-state index in [1.54, 1.807) is 6.92 Å². The number of ether oxygens (including phenoxy) is 4. The van der Waals surface area contributed by atoms with Gasteiger partial charge in [0.25, 0.3) is 5.24 Å².